The molecule has 0 N–H and O–H groups in total. The minimum atomic E-state index is 0.538. The highest BCUT2D eigenvalue weighted by molar-refractivity contribution is 9.10. The predicted octanol–water partition coefficient (Wildman–Crippen LogP) is 9.13. The van der Waals surface area contributed by atoms with Crippen LogP contribution >= 0.6 is 43.5 Å². The highest BCUT2D eigenvalue weighted by atomic mass is 79.9. The zero-order valence-corrected chi connectivity index (χ0v) is 19.2. The van der Waals surface area contributed by atoms with E-state index in [0.717, 1.165) is 26.0 Å². The normalized spacial score (nSPS) is 10.6. The third-order valence-electron chi connectivity index (χ3n) is 4.29. The summed E-state index contributed by atoms with van der Waals surface area (Å²) in [4.78, 5) is 2.11. The molecule has 0 radical (unpaired) electrons. The van der Waals surface area contributed by atoms with Crippen molar-refractivity contribution in [2.24, 2.45) is 0 Å². The minimum absolute atomic E-state index is 0.538. The van der Waals surface area contributed by atoms with Gasteiger partial charge in [-0.25, -0.2) is 0 Å². The van der Waals surface area contributed by atoms with Gasteiger partial charge < -0.3 is 9.64 Å². The van der Waals surface area contributed by atoms with Gasteiger partial charge >= 0.3 is 0 Å². The molecule has 0 amide bonds. The summed E-state index contributed by atoms with van der Waals surface area (Å²) in [6.45, 7) is 0. The molecule has 0 aliphatic heterocycles. The van der Waals surface area contributed by atoms with E-state index in [9.17, 15) is 0 Å². The Balaban J connectivity index is 1.81. The Bertz CT molecular complexity index is 1130. The van der Waals surface area contributed by atoms with Crippen molar-refractivity contribution in [1.29, 1.82) is 0 Å². The number of ether oxygens (including phenoxy) is 1. The van der Waals surface area contributed by atoms with E-state index in [4.69, 9.17) is 16.3 Å². The fourth-order valence-corrected chi connectivity index (χ4v) is 4.04. The molecule has 0 bridgehead atoms. The first-order chi connectivity index (χ1) is 14.1. The van der Waals surface area contributed by atoms with Gasteiger partial charge in [0.15, 0.2) is 0 Å². The van der Waals surface area contributed by atoms with Crippen LogP contribution in [0, 0.1) is 0 Å². The summed E-state index contributed by atoms with van der Waals surface area (Å²) in [5, 5.41) is 0.538. The molecule has 0 atom stereocenters. The van der Waals surface area contributed by atoms with E-state index < -0.39 is 0 Å². The molecule has 5 heteroatoms. The fourth-order valence-electron chi connectivity index (χ4n) is 3.03. The first-order valence-corrected chi connectivity index (χ1v) is 10.9. The van der Waals surface area contributed by atoms with Gasteiger partial charge in [0.1, 0.15) is 16.5 Å². The fraction of sp³-hybridized carbons (Fsp3) is 0. The van der Waals surface area contributed by atoms with Crippen LogP contribution in [0.15, 0.2) is 106 Å². The first-order valence-electron chi connectivity index (χ1n) is 8.94. The number of benzene rings is 4. The lowest BCUT2D eigenvalue weighted by molar-refractivity contribution is 0.483. The van der Waals surface area contributed by atoms with Crippen LogP contribution in [0.25, 0.3) is 0 Å². The molecule has 0 aliphatic carbocycles. The van der Waals surface area contributed by atoms with Gasteiger partial charge in [-0.15, -0.1) is 0 Å². The van der Waals surface area contributed by atoms with Crippen LogP contribution < -0.4 is 9.64 Å². The van der Waals surface area contributed by atoms with Crippen molar-refractivity contribution in [3.05, 3.63) is 111 Å². The molecule has 29 heavy (non-hydrogen) atoms. The molecule has 0 heterocycles. The minimum Gasteiger partial charge on any atom is -0.456 e. The summed E-state index contributed by atoms with van der Waals surface area (Å²) in [5.41, 5.74) is 2.84. The van der Waals surface area contributed by atoms with E-state index in [-0.39, 0.29) is 0 Å². The smallest absolute Gasteiger partial charge is 0.148 e. The maximum atomic E-state index is 6.84. The number of halogens is 3. The van der Waals surface area contributed by atoms with E-state index in [1.54, 1.807) is 0 Å². The molecule has 0 saturated carbocycles. The van der Waals surface area contributed by atoms with Gasteiger partial charge in [0.25, 0.3) is 0 Å². The third kappa shape index (κ3) is 4.67. The third-order valence-corrected chi connectivity index (χ3v) is 5.65. The summed E-state index contributed by atoms with van der Waals surface area (Å²) in [6.07, 6.45) is 0. The second-order valence-corrected chi connectivity index (χ2v) is 8.51. The molecule has 0 spiro atoms. The van der Waals surface area contributed by atoms with Crippen LogP contribution in [0.1, 0.15) is 0 Å². The summed E-state index contributed by atoms with van der Waals surface area (Å²) in [6, 6.07) is 31.7. The van der Waals surface area contributed by atoms with Crippen molar-refractivity contribution < 1.29 is 4.74 Å². The average molecular weight is 530 g/mol. The summed E-state index contributed by atoms with van der Waals surface area (Å²) in [5.74, 6) is 1.31. The van der Waals surface area contributed by atoms with Gasteiger partial charge in [-0.2, -0.15) is 0 Å². The van der Waals surface area contributed by atoms with E-state index in [0.29, 0.717) is 16.5 Å². The Kier molecular flexibility index (Phi) is 6.24. The topological polar surface area (TPSA) is 12.5 Å². The first kappa shape index (κ1) is 20.0. The van der Waals surface area contributed by atoms with E-state index in [1.165, 1.54) is 0 Å². The largest absolute Gasteiger partial charge is 0.456 e. The molecule has 4 aromatic rings. The van der Waals surface area contributed by atoms with E-state index in [1.807, 2.05) is 72.8 Å². The summed E-state index contributed by atoms with van der Waals surface area (Å²) < 4.78 is 8.02. The molecule has 144 valence electrons. The molecule has 4 rings (SSSR count). The quantitative estimate of drug-likeness (QED) is 0.256. The lowest BCUT2D eigenvalue weighted by atomic mass is 10.2. The zero-order chi connectivity index (χ0) is 20.2. The summed E-state index contributed by atoms with van der Waals surface area (Å²) >= 11 is 13.9. The number of para-hydroxylation sites is 1. The maximum Gasteiger partial charge on any atom is 0.148 e. The van der Waals surface area contributed by atoms with Gasteiger partial charge in [0.2, 0.25) is 0 Å². The van der Waals surface area contributed by atoms with Crippen molar-refractivity contribution in [2.45, 2.75) is 0 Å². The maximum absolute atomic E-state index is 6.84. The van der Waals surface area contributed by atoms with E-state index >= 15 is 0 Å². The van der Waals surface area contributed by atoms with Gasteiger partial charge in [-0.1, -0.05) is 79.9 Å². The lowest BCUT2D eigenvalue weighted by Crippen LogP contribution is -2.10. The molecular formula is C24H16Br2ClNO. The van der Waals surface area contributed by atoms with Gasteiger partial charge in [0.05, 0.1) is 5.69 Å². The number of hydrogen-bond donors (Lipinski definition) is 0. The Labute approximate surface area is 192 Å². The van der Waals surface area contributed by atoms with Crippen LogP contribution in [-0.2, 0) is 0 Å². The van der Waals surface area contributed by atoms with Crippen LogP contribution in [0.2, 0.25) is 5.02 Å². The molecule has 0 saturated heterocycles. The number of anilines is 3. The number of hydrogen-bond acceptors (Lipinski definition) is 2. The van der Waals surface area contributed by atoms with Crippen molar-refractivity contribution in [3.63, 3.8) is 0 Å². The van der Waals surface area contributed by atoms with Crippen LogP contribution in [0.4, 0.5) is 17.1 Å². The average Bonchev–Trinajstić information content (AvgIpc) is 2.72. The van der Waals surface area contributed by atoms with Crippen LogP contribution in [0.3, 0.4) is 0 Å². The second kappa shape index (κ2) is 9.04. The molecule has 0 fully saturated rings. The van der Waals surface area contributed by atoms with Crippen LogP contribution in [0.5, 0.6) is 11.5 Å². The van der Waals surface area contributed by atoms with E-state index in [2.05, 4.69) is 61.0 Å². The van der Waals surface area contributed by atoms with Gasteiger partial charge in [-0.05, 0) is 60.7 Å². The number of nitrogens with zero attached hydrogens (tertiary/aromatic N) is 1. The van der Waals surface area contributed by atoms with Crippen molar-refractivity contribution in [3.8, 4) is 11.5 Å². The second-order valence-electron chi connectivity index (χ2n) is 6.30. The Hall–Kier alpha value is -2.27. The van der Waals surface area contributed by atoms with Crippen LogP contribution in [-0.4, -0.2) is 0 Å². The SMILES string of the molecule is Clc1c(Oc2cccc(Br)c2)cccc1N(c1ccccc1)c1cccc(Br)c1. The Morgan fingerprint density at radius 2 is 1.31 bits per heavy atom. The molecule has 2 nitrogen and oxygen atoms in total. The van der Waals surface area contributed by atoms with Gasteiger partial charge in [0, 0.05) is 20.3 Å². The molecular weight excluding hydrogens is 514 g/mol. The molecule has 0 unspecified atom stereocenters. The van der Waals surface area contributed by atoms with Crippen molar-refractivity contribution in [1.82, 2.24) is 0 Å². The monoisotopic (exact) mass is 527 g/mol. The van der Waals surface area contributed by atoms with Crippen molar-refractivity contribution >= 4 is 60.5 Å². The van der Waals surface area contributed by atoms with Crippen molar-refractivity contribution in [2.75, 3.05) is 4.90 Å². The van der Waals surface area contributed by atoms with Gasteiger partial charge in [-0.3, -0.25) is 0 Å². The molecule has 0 aromatic heterocycles. The Morgan fingerprint density at radius 1 is 0.655 bits per heavy atom. The zero-order valence-electron chi connectivity index (χ0n) is 15.2. The number of rotatable bonds is 5. The Morgan fingerprint density at radius 3 is 2.03 bits per heavy atom. The molecule has 4 aromatic carbocycles. The standard InChI is InChI=1S/C24H16Br2ClNO/c25-17-7-4-11-20(15-17)28(19-9-2-1-3-10-19)22-13-6-14-23(24(22)27)29-21-12-5-8-18(26)16-21/h1-16H. The highest BCUT2D eigenvalue weighted by Gasteiger charge is 2.18. The highest BCUT2D eigenvalue weighted by Crippen LogP contribution is 2.44. The molecule has 0 aliphatic rings. The lowest BCUT2D eigenvalue weighted by Gasteiger charge is -2.27. The predicted molar refractivity (Wildman–Crippen MR) is 128 cm³/mol. The summed E-state index contributed by atoms with van der Waals surface area (Å²) in [7, 11) is 0.